The first kappa shape index (κ1) is 23.7. The lowest BCUT2D eigenvalue weighted by Gasteiger charge is -2.38. The van der Waals surface area contributed by atoms with E-state index in [0.717, 1.165) is 16.9 Å². The van der Waals surface area contributed by atoms with Crippen LogP contribution < -0.4 is 0 Å². The molecule has 0 aromatic carbocycles. The minimum atomic E-state index is 0.480. The second kappa shape index (κ2) is 14.1. The minimum Gasteiger partial charge on any atom is -0.297 e. The van der Waals surface area contributed by atoms with Crippen LogP contribution in [0.5, 0.6) is 0 Å². The van der Waals surface area contributed by atoms with Crippen LogP contribution in [0.2, 0.25) is 0 Å². The van der Waals surface area contributed by atoms with E-state index in [4.69, 9.17) is 11.6 Å². The van der Waals surface area contributed by atoms with Gasteiger partial charge in [-0.2, -0.15) is 0 Å². The van der Waals surface area contributed by atoms with E-state index in [9.17, 15) is 0 Å². The SMILES string of the molecule is C/C=C(Cl)\C(C)=C/C(C)N1CC(C)CC(C)C1.C=CC.CC. The summed E-state index contributed by atoms with van der Waals surface area (Å²) in [6.45, 7) is 22.7. The van der Waals surface area contributed by atoms with Gasteiger partial charge in [-0.3, -0.25) is 4.90 Å². The van der Waals surface area contributed by atoms with Gasteiger partial charge in [-0.05, 0) is 51.5 Å². The van der Waals surface area contributed by atoms with E-state index in [0.29, 0.717) is 6.04 Å². The Labute approximate surface area is 145 Å². The van der Waals surface area contributed by atoms with E-state index in [1.165, 1.54) is 25.1 Å². The number of hydrogen-bond donors (Lipinski definition) is 0. The highest BCUT2D eigenvalue weighted by Crippen LogP contribution is 2.24. The number of nitrogens with zero attached hydrogens (tertiary/aromatic N) is 1. The average Bonchev–Trinajstić information content (AvgIpc) is 2.48. The molecule has 130 valence electrons. The molecule has 1 aliphatic rings. The third kappa shape index (κ3) is 10.2. The highest BCUT2D eigenvalue weighted by atomic mass is 35.5. The van der Waals surface area contributed by atoms with Crippen molar-refractivity contribution in [2.45, 2.75) is 67.9 Å². The molecule has 0 N–H and O–H groups in total. The van der Waals surface area contributed by atoms with E-state index < -0.39 is 0 Å². The molecule has 1 saturated heterocycles. The van der Waals surface area contributed by atoms with Gasteiger partial charge in [-0.1, -0.05) is 57.5 Å². The normalized spacial score (nSPS) is 24.4. The van der Waals surface area contributed by atoms with Crippen LogP contribution in [0.3, 0.4) is 0 Å². The van der Waals surface area contributed by atoms with Crippen molar-refractivity contribution in [3.05, 3.63) is 35.4 Å². The Balaban J connectivity index is 0. The van der Waals surface area contributed by atoms with Crippen molar-refractivity contribution < 1.29 is 0 Å². The molecule has 0 aliphatic carbocycles. The predicted molar refractivity (Wildman–Crippen MR) is 105 cm³/mol. The molecule has 1 nitrogen and oxygen atoms in total. The Morgan fingerprint density at radius 2 is 1.59 bits per heavy atom. The first-order valence-electron chi connectivity index (χ1n) is 8.67. The molecular formula is C20H38ClN. The lowest BCUT2D eigenvalue weighted by molar-refractivity contribution is 0.121. The molecule has 1 fully saturated rings. The molecule has 0 spiro atoms. The minimum absolute atomic E-state index is 0.480. The molecular weight excluding hydrogens is 290 g/mol. The smallest absolute Gasteiger partial charge is 0.0389 e. The summed E-state index contributed by atoms with van der Waals surface area (Å²) in [6.07, 6.45) is 7.36. The number of hydrogen-bond acceptors (Lipinski definition) is 1. The molecule has 3 atom stereocenters. The highest BCUT2D eigenvalue weighted by molar-refractivity contribution is 6.31. The molecule has 0 saturated carbocycles. The Hall–Kier alpha value is -0.530. The second-order valence-electron chi connectivity index (χ2n) is 6.04. The molecule has 0 aromatic rings. The van der Waals surface area contributed by atoms with Gasteiger partial charge in [0.05, 0.1) is 0 Å². The standard InChI is InChI=1S/C15H26ClN.C3H6.C2H6/c1-6-15(16)13(4)8-14(5)17-9-11(2)7-12(3)10-17;1-3-2;1-2/h6,8,11-12,14H,7,9-10H2,1-5H3;3H,1H2,2H3;1-2H3/b13-8-,15-6+;;. The largest absolute Gasteiger partial charge is 0.297 e. The molecule has 22 heavy (non-hydrogen) atoms. The van der Waals surface area contributed by atoms with Gasteiger partial charge in [0.15, 0.2) is 0 Å². The molecule has 3 unspecified atom stereocenters. The third-order valence-corrected chi connectivity index (χ3v) is 4.11. The van der Waals surface area contributed by atoms with Gasteiger partial charge < -0.3 is 0 Å². The molecule has 0 bridgehead atoms. The maximum Gasteiger partial charge on any atom is 0.0389 e. The van der Waals surface area contributed by atoms with Crippen LogP contribution in [0, 0.1) is 11.8 Å². The molecule has 0 aromatic heterocycles. The van der Waals surface area contributed by atoms with E-state index in [1.54, 1.807) is 6.08 Å². The van der Waals surface area contributed by atoms with Crippen LogP contribution in [0.1, 0.15) is 61.8 Å². The van der Waals surface area contributed by atoms with Crippen molar-refractivity contribution >= 4 is 11.6 Å². The monoisotopic (exact) mass is 327 g/mol. The van der Waals surface area contributed by atoms with Gasteiger partial charge in [0, 0.05) is 24.2 Å². The Kier molecular flexibility index (Phi) is 15.2. The third-order valence-electron chi connectivity index (χ3n) is 3.59. The highest BCUT2D eigenvalue weighted by Gasteiger charge is 2.24. The summed E-state index contributed by atoms with van der Waals surface area (Å²) in [4.78, 5) is 2.57. The molecule has 1 rings (SSSR count). The predicted octanol–water partition coefficient (Wildman–Crippen LogP) is 6.66. The lowest BCUT2D eigenvalue weighted by atomic mass is 9.91. The van der Waals surface area contributed by atoms with Crippen LogP contribution >= 0.6 is 11.6 Å². The fourth-order valence-electron chi connectivity index (χ4n) is 2.82. The number of allylic oxidation sites excluding steroid dienone is 4. The Morgan fingerprint density at radius 3 is 1.95 bits per heavy atom. The van der Waals surface area contributed by atoms with Crippen molar-refractivity contribution in [1.82, 2.24) is 4.90 Å². The fraction of sp³-hybridized carbons (Fsp3) is 0.700. The topological polar surface area (TPSA) is 3.24 Å². The van der Waals surface area contributed by atoms with Crippen molar-refractivity contribution in [3.63, 3.8) is 0 Å². The number of piperidine rings is 1. The van der Waals surface area contributed by atoms with Crippen molar-refractivity contribution in [2.75, 3.05) is 13.1 Å². The van der Waals surface area contributed by atoms with Crippen molar-refractivity contribution in [1.29, 1.82) is 0 Å². The molecule has 0 amide bonds. The van der Waals surface area contributed by atoms with E-state index in [2.05, 4.69) is 45.2 Å². The Bertz CT molecular complexity index is 334. The lowest BCUT2D eigenvalue weighted by Crippen LogP contribution is -2.43. The number of halogens is 1. The van der Waals surface area contributed by atoms with Gasteiger partial charge in [0.25, 0.3) is 0 Å². The van der Waals surface area contributed by atoms with Crippen molar-refractivity contribution in [3.8, 4) is 0 Å². The Morgan fingerprint density at radius 1 is 1.18 bits per heavy atom. The molecule has 0 radical (unpaired) electrons. The quantitative estimate of drug-likeness (QED) is 0.413. The summed E-state index contributed by atoms with van der Waals surface area (Å²) in [7, 11) is 0. The van der Waals surface area contributed by atoms with Crippen LogP contribution in [-0.4, -0.2) is 24.0 Å². The maximum absolute atomic E-state index is 6.13. The van der Waals surface area contributed by atoms with Gasteiger partial charge >= 0.3 is 0 Å². The molecule has 2 heteroatoms. The first-order chi connectivity index (χ1) is 10.3. The van der Waals surface area contributed by atoms with Gasteiger partial charge in [-0.25, -0.2) is 0 Å². The summed E-state index contributed by atoms with van der Waals surface area (Å²) in [5.41, 5.74) is 1.19. The molecule has 1 heterocycles. The second-order valence-corrected chi connectivity index (χ2v) is 6.44. The zero-order valence-corrected chi connectivity index (χ0v) is 16.9. The summed E-state index contributed by atoms with van der Waals surface area (Å²) in [5.74, 6) is 1.62. The fourth-order valence-corrected chi connectivity index (χ4v) is 2.88. The van der Waals surface area contributed by atoms with E-state index in [1.807, 2.05) is 33.8 Å². The van der Waals surface area contributed by atoms with E-state index in [-0.39, 0.29) is 0 Å². The van der Waals surface area contributed by atoms with E-state index >= 15 is 0 Å². The number of rotatable bonds is 3. The summed E-state index contributed by atoms with van der Waals surface area (Å²) < 4.78 is 0. The molecule has 1 aliphatic heterocycles. The summed E-state index contributed by atoms with van der Waals surface area (Å²) in [5, 5.41) is 0.870. The first-order valence-corrected chi connectivity index (χ1v) is 9.05. The van der Waals surface area contributed by atoms with Gasteiger partial charge in [0.1, 0.15) is 0 Å². The van der Waals surface area contributed by atoms with Gasteiger partial charge in [0.2, 0.25) is 0 Å². The average molecular weight is 328 g/mol. The van der Waals surface area contributed by atoms with Crippen molar-refractivity contribution in [2.24, 2.45) is 11.8 Å². The maximum atomic E-state index is 6.13. The summed E-state index contributed by atoms with van der Waals surface area (Å²) >= 11 is 6.13. The van der Waals surface area contributed by atoms with Crippen LogP contribution in [0.25, 0.3) is 0 Å². The zero-order chi connectivity index (χ0) is 17.7. The zero-order valence-electron chi connectivity index (χ0n) is 16.1. The number of likely N-dealkylation sites (tertiary alicyclic amines) is 1. The van der Waals surface area contributed by atoms with Crippen LogP contribution in [0.15, 0.2) is 35.4 Å². The van der Waals surface area contributed by atoms with Crippen LogP contribution in [0.4, 0.5) is 0 Å². The van der Waals surface area contributed by atoms with Gasteiger partial charge in [-0.15, -0.1) is 6.58 Å². The van der Waals surface area contributed by atoms with Crippen LogP contribution in [-0.2, 0) is 0 Å². The summed E-state index contributed by atoms with van der Waals surface area (Å²) in [6, 6.07) is 0.480.